The van der Waals surface area contributed by atoms with Crippen molar-refractivity contribution in [3.8, 4) is 0 Å². The van der Waals surface area contributed by atoms with E-state index >= 15 is 0 Å². The lowest BCUT2D eigenvalue weighted by atomic mass is 9.94. The highest BCUT2D eigenvalue weighted by atomic mass is 31.0. The van der Waals surface area contributed by atoms with E-state index in [4.69, 9.17) is 10.8 Å². The molecule has 1 aliphatic carbocycles. The SMILES string of the molecule is NC1=CC(=O)c2[nH]cc(CC(CO)NP)c2C1=O. The molecule has 1 aliphatic rings. The van der Waals surface area contributed by atoms with E-state index in [2.05, 4.69) is 19.5 Å². The highest BCUT2D eigenvalue weighted by Gasteiger charge is 2.29. The number of rotatable bonds is 4. The van der Waals surface area contributed by atoms with E-state index in [-0.39, 0.29) is 35.6 Å². The van der Waals surface area contributed by atoms with Crippen molar-refractivity contribution < 1.29 is 14.7 Å². The third kappa shape index (κ3) is 2.10. The third-order valence-electron chi connectivity index (χ3n) is 2.91. The monoisotopic (exact) mass is 267 g/mol. The first kappa shape index (κ1) is 13.0. The molecule has 0 spiro atoms. The summed E-state index contributed by atoms with van der Waals surface area (Å²) in [6, 6.07) is -0.204. The molecule has 2 atom stereocenters. The molecule has 0 fully saturated rings. The Hall–Kier alpha value is -1.49. The van der Waals surface area contributed by atoms with Crippen molar-refractivity contribution in [2.45, 2.75) is 12.5 Å². The number of hydrogen-bond acceptors (Lipinski definition) is 5. The second-order valence-electron chi connectivity index (χ2n) is 4.11. The van der Waals surface area contributed by atoms with Crippen LogP contribution in [0.5, 0.6) is 0 Å². The molecule has 6 nitrogen and oxygen atoms in total. The molecule has 0 aliphatic heterocycles. The summed E-state index contributed by atoms with van der Waals surface area (Å²) in [5.74, 6) is -0.644. The van der Waals surface area contributed by atoms with E-state index in [9.17, 15) is 9.59 Å². The molecular weight excluding hydrogens is 253 g/mol. The molecule has 2 unspecified atom stereocenters. The lowest BCUT2D eigenvalue weighted by Crippen LogP contribution is -2.28. The average molecular weight is 267 g/mol. The molecule has 96 valence electrons. The Bertz CT molecular complexity index is 532. The Morgan fingerprint density at radius 2 is 2.22 bits per heavy atom. The van der Waals surface area contributed by atoms with Gasteiger partial charge in [-0.3, -0.25) is 14.7 Å². The Morgan fingerprint density at radius 1 is 1.50 bits per heavy atom. The Kier molecular flexibility index (Phi) is 3.61. The Morgan fingerprint density at radius 3 is 2.83 bits per heavy atom. The van der Waals surface area contributed by atoms with Crippen LogP contribution in [0.3, 0.4) is 0 Å². The summed E-state index contributed by atoms with van der Waals surface area (Å²) < 4.78 is 0. The van der Waals surface area contributed by atoms with Gasteiger partial charge in [0.2, 0.25) is 11.6 Å². The standard InChI is InChI=1S/C11H14N3O3P/c12-7-2-8(16)10-9(11(7)17)5(3-13-10)1-6(4-15)14-18/h2-3,6,13-15H,1,4,12,18H2. The number of carbonyl (C=O) groups is 2. The van der Waals surface area contributed by atoms with Crippen LogP contribution in [0.4, 0.5) is 0 Å². The van der Waals surface area contributed by atoms with Crippen LogP contribution in [-0.2, 0) is 6.42 Å². The summed E-state index contributed by atoms with van der Waals surface area (Å²) in [4.78, 5) is 26.4. The van der Waals surface area contributed by atoms with Gasteiger partial charge in [-0.1, -0.05) is 9.39 Å². The second kappa shape index (κ2) is 5.02. The van der Waals surface area contributed by atoms with E-state index in [0.29, 0.717) is 17.5 Å². The summed E-state index contributed by atoms with van der Waals surface area (Å²) in [5, 5.41) is 12.0. The number of aliphatic hydroxyl groups is 1. The number of nitrogens with two attached hydrogens (primary N) is 1. The predicted molar refractivity (Wildman–Crippen MR) is 69.1 cm³/mol. The topological polar surface area (TPSA) is 108 Å². The normalized spacial score (nSPS) is 16.4. The number of ketones is 2. The van der Waals surface area contributed by atoms with Crippen molar-refractivity contribution in [1.82, 2.24) is 10.1 Å². The van der Waals surface area contributed by atoms with Gasteiger partial charge in [-0.2, -0.15) is 0 Å². The highest BCUT2D eigenvalue weighted by Crippen LogP contribution is 2.23. The van der Waals surface area contributed by atoms with Gasteiger partial charge in [0.15, 0.2) is 0 Å². The van der Waals surface area contributed by atoms with Gasteiger partial charge in [-0.25, -0.2) is 0 Å². The molecular formula is C11H14N3O3P. The van der Waals surface area contributed by atoms with Crippen molar-refractivity contribution in [1.29, 1.82) is 0 Å². The van der Waals surface area contributed by atoms with Gasteiger partial charge in [-0.05, 0) is 12.0 Å². The minimum atomic E-state index is -0.346. The second-order valence-corrected chi connectivity index (χ2v) is 4.44. The number of aromatic nitrogens is 1. The largest absolute Gasteiger partial charge is 0.395 e. The van der Waals surface area contributed by atoms with Gasteiger partial charge in [0.1, 0.15) is 0 Å². The first-order valence-electron chi connectivity index (χ1n) is 5.42. The van der Waals surface area contributed by atoms with Crippen molar-refractivity contribution in [2.75, 3.05) is 6.61 Å². The van der Waals surface area contributed by atoms with Crippen LogP contribution in [0.25, 0.3) is 0 Å². The van der Waals surface area contributed by atoms with Crippen LogP contribution in [0.2, 0.25) is 0 Å². The number of Topliss-reactive ketones (excluding diaryl/α,β-unsaturated/α-hetero) is 1. The number of aliphatic hydroxyl groups excluding tert-OH is 1. The van der Waals surface area contributed by atoms with Crippen LogP contribution >= 0.6 is 9.39 Å². The molecule has 7 heteroatoms. The molecule has 18 heavy (non-hydrogen) atoms. The maximum absolute atomic E-state index is 11.9. The predicted octanol–water partition coefficient (Wildman–Crippen LogP) is -0.481. The molecule has 1 heterocycles. The summed E-state index contributed by atoms with van der Waals surface area (Å²) in [6.07, 6.45) is 3.16. The summed E-state index contributed by atoms with van der Waals surface area (Å²) >= 11 is 0. The molecule has 2 rings (SSSR count). The average Bonchev–Trinajstić information content (AvgIpc) is 2.77. The van der Waals surface area contributed by atoms with E-state index in [0.717, 1.165) is 6.08 Å². The van der Waals surface area contributed by atoms with E-state index in [1.165, 1.54) is 0 Å². The smallest absolute Gasteiger partial charge is 0.211 e. The van der Waals surface area contributed by atoms with E-state index < -0.39 is 0 Å². The van der Waals surface area contributed by atoms with E-state index in [1.54, 1.807) is 6.20 Å². The number of aromatic amines is 1. The van der Waals surface area contributed by atoms with Crippen LogP contribution in [0.1, 0.15) is 26.4 Å². The number of hydrogen-bond donors (Lipinski definition) is 4. The number of fused-ring (bicyclic) bond motifs is 1. The molecule has 0 amide bonds. The summed E-state index contributed by atoms with van der Waals surface area (Å²) in [5.41, 5.74) is 6.73. The number of H-pyrrole nitrogens is 1. The van der Waals surface area contributed by atoms with Crippen molar-refractivity contribution in [3.05, 3.63) is 34.8 Å². The van der Waals surface area contributed by atoms with Gasteiger partial charge >= 0.3 is 0 Å². The fourth-order valence-corrected chi connectivity index (χ4v) is 2.17. The highest BCUT2D eigenvalue weighted by molar-refractivity contribution is 7.13. The molecule has 0 saturated carbocycles. The lowest BCUT2D eigenvalue weighted by molar-refractivity contribution is 0.0980. The van der Waals surface area contributed by atoms with E-state index in [1.807, 2.05) is 0 Å². The quantitative estimate of drug-likeness (QED) is 0.551. The van der Waals surface area contributed by atoms with Gasteiger partial charge < -0.3 is 15.8 Å². The fraction of sp³-hybridized carbons (Fsp3) is 0.273. The van der Waals surface area contributed by atoms with Gasteiger partial charge in [0.25, 0.3) is 0 Å². The van der Waals surface area contributed by atoms with Crippen LogP contribution in [0.15, 0.2) is 18.0 Å². The van der Waals surface area contributed by atoms with Crippen LogP contribution in [-0.4, -0.2) is 34.3 Å². The van der Waals surface area contributed by atoms with Crippen molar-refractivity contribution in [2.24, 2.45) is 5.73 Å². The Balaban J connectivity index is 2.38. The number of carbonyl (C=O) groups excluding carboxylic acids is 2. The molecule has 0 radical (unpaired) electrons. The zero-order valence-electron chi connectivity index (χ0n) is 9.56. The molecule has 0 saturated heterocycles. The van der Waals surface area contributed by atoms with Crippen LogP contribution in [0, 0.1) is 0 Å². The summed E-state index contributed by atoms with van der Waals surface area (Å²) in [6.45, 7) is -0.0725. The molecule has 1 aromatic rings. The zero-order chi connectivity index (χ0) is 13.3. The first-order valence-corrected chi connectivity index (χ1v) is 5.99. The minimum absolute atomic E-state index is 0.0484. The van der Waals surface area contributed by atoms with Gasteiger partial charge in [-0.15, -0.1) is 0 Å². The lowest BCUT2D eigenvalue weighted by Gasteiger charge is -2.14. The van der Waals surface area contributed by atoms with Gasteiger partial charge in [0.05, 0.1) is 23.6 Å². The number of nitrogens with one attached hydrogen (secondary N) is 2. The maximum atomic E-state index is 11.9. The van der Waals surface area contributed by atoms with Crippen molar-refractivity contribution >= 4 is 21.0 Å². The van der Waals surface area contributed by atoms with Gasteiger partial charge in [0, 0.05) is 18.3 Å². The first-order chi connectivity index (χ1) is 8.58. The summed E-state index contributed by atoms with van der Waals surface area (Å²) in [7, 11) is 2.31. The molecule has 1 aromatic heterocycles. The maximum Gasteiger partial charge on any atom is 0.211 e. The molecule has 0 bridgehead atoms. The van der Waals surface area contributed by atoms with Crippen LogP contribution < -0.4 is 10.8 Å². The molecule has 0 aromatic carbocycles. The molecule has 5 N–H and O–H groups in total. The Labute approximate surface area is 106 Å². The fourth-order valence-electron chi connectivity index (χ4n) is 1.94. The third-order valence-corrected chi connectivity index (χ3v) is 3.38. The van der Waals surface area contributed by atoms with Crippen molar-refractivity contribution in [3.63, 3.8) is 0 Å². The zero-order valence-corrected chi connectivity index (χ0v) is 10.7. The minimum Gasteiger partial charge on any atom is -0.395 e. The number of allylic oxidation sites excluding steroid dienone is 2.